The molecule has 0 aliphatic carbocycles. The molecule has 0 saturated carbocycles. The summed E-state index contributed by atoms with van der Waals surface area (Å²) in [6.45, 7) is 18.4. The molecule has 0 aromatic carbocycles. The van der Waals surface area contributed by atoms with Gasteiger partial charge in [0.1, 0.15) is 25.4 Å². The van der Waals surface area contributed by atoms with Crippen LogP contribution >= 0.6 is 23.5 Å². The molecular formula is C35H56N8O12S2. The van der Waals surface area contributed by atoms with E-state index in [1.807, 2.05) is 41.5 Å². The van der Waals surface area contributed by atoms with Crippen LogP contribution in [-0.4, -0.2) is 154 Å². The highest BCUT2D eigenvalue weighted by Gasteiger charge is 2.26. The fourth-order valence-corrected chi connectivity index (χ4v) is 5.97. The Morgan fingerprint density at radius 2 is 1.05 bits per heavy atom. The van der Waals surface area contributed by atoms with E-state index >= 15 is 0 Å². The Morgan fingerprint density at radius 3 is 1.39 bits per heavy atom. The van der Waals surface area contributed by atoms with E-state index < -0.39 is 36.1 Å². The first-order valence-electron chi connectivity index (χ1n) is 18.6. The topological polar surface area (TPSA) is 246 Å². The number of hydrogen-bond acceptors (Lipinski definition) is 20. The molecule has 0 unspecified atom stereocenters. The molecule has 2 aromatic heterocycles. The summed E-state index contributed by atoms with van der Waals surface area (Å²) in [6, 6.07) is 0. The number of carbonyl (C=O) groups excluding carboxylic acids is 2. The maximum Gasteiger partial charge on any atom is 0.328 e. The Morgan fingerprint density at radius 1 is 0.684 bits per heavy atom. The molecule has 0 amide bonds. The number of ether oxygens (including phenoxy) is 6. The maximum absolute atomic E-state index is 12.9. The smallest absolute Gasteiger partial charge is 0.328 e. The lowest BCUT2D eigenvalue weighted by atomic mass is 10.1. The van der Waals surface area contributed by atoms with Crippen molar-refractivity contribution >= 4 is 59.0 Å². The molecule has 320 valence electrons. The molecule has 0 spiro atoms. The van der Waals surface area contributed by atoms with Gasteiger partial charge in [-0.2, -0.15) is 8.75 Å². The SMILES string of the molecule is CC(C)(C)NC[C@@H](COc1nsnc1N1CCOCC1)OC(=O)CCCC(=O)O[C@@H](CNC(C)(C)C)COc1nsnc1N1CCOCC1.O=C(O)/C=C\C(=O)O. The first-order chi connectivity index (χ1) is 27.0. The van der Waals surface area contributed by atoms with Crippen molar-refractivity contribution in [3.63, 3.8) is 0 Å². The van der Waals surface area contributed by atoms with Gasteiger partial charge in [0.05, 0.1) is 49.9 Å². The standard InChI is InChI=1S/C31H52N8O8S2.C4H4O4/c1-30(2,3)32-18-22(20-44-28-26(34-48-36-28)38-10-14-42-15-11-38)46-24(40)8-7-9-25(41)47-23(19-33-31(4,5)6)21-45-29-27(35-49-37-29)39-12-16-43-17-13-39;5-3(6)1-2-4(7)8/h22-23,32-33H,7-21H2,1-6H3;1-2H,(H,5,6)(H,7,8)/b;2-1-/t22-,23-;/m0./s1. The Balaban J connectivity index is 0.000000980. The van der Waals surface area contributed by atoms with Crippen molar-refractivity contribution in [2.75, 3.05) is 88.7 Å². The van der Waals surface area contributed by atoms with Crippen LogP contribution in [0, 0.1) is 0 Å². The summed E-state index contributed by atoms with van der Waals surface area (Å²) in [5.74, 6) is -1.21. The minimum absolute atomic E-state index is 0.0488. The lowest BCUT2D eigenvalue weighted by Gasteiger charge is -2.28. The first kappa shape index (κ1) is 47.2. The maximum atomic E-state index is 12.9. The van der Waals surface area contributed by atoms with Crippen molar-refractivity contribution in [3.05, 3.63) is 12.2 Å². The van der Waals surface area contributed by atoms with Gasteiger partial charge >= 0.3 is 23.9 Å². The Bertz CT molecular complexity index is 1450. The molecule has 2 saturated heterocycles. The van der Waals surface area contributed by atoms with Gasteiger partial charge in [0, 0.05) is 75.3 Å². The summed E-state index contributed by atoms with van der Waals surface area (Å²) >= 11 is 2.15. The van der Waals surface area contributed by atoms with E-state index in [1.165, 1.54) is 0 Å². The molecule has 2 aliphatic heterocycles. The fourth-order valence-electron chi connectivity index (χ4n) is 4.93. The lowest BCUT2D eigenvalue weighted by Crippen LogP contribution is -2.44. The van der Waals surface area contributed by atoms with Crippen LogP contribution in [0.5, 0.6) is 11.8 Å². The summed E-state index contributed by atoms with van der Waals surface area (Å²) in [5.41, 5.74) is -0.393. The van der Waals surface area contributed by atoms with E-state index in [9.17, 15) is 19.2 Å². The number of nitrogens with zero attached hydrogens (tertiary/aromatic N) is 6. The Labute approximate surface area is 340 Å². The van der Waals surface area contributed by atoms with Crippen LogP contribution in [0.1, 0.15) is 60.8 Å². The molecule has 2 aliphatic rings. The molecule has 22 heteroatoms. The van der Waals surface area contributed by atoms with Gasteiger partial charge in [-0.25, -0.2) is 9.59 Å². The molecule has 4 rings (SSSR count). The zero-order valence-corrected chi connectivity index (χ0v) is 35.0. The number of esters is 2. The summed E-state index contributed by atoms with van der Waals surface area (Å²) in [6.07, 6.45) is 0.327. The number of carboxylic acids is 2. The first-order valence-corrected chi connectivity index (χ1v) is 20.0. The van der Waals surface area contributed by atoms with Crippen LogP contribution in [0.15, 0.2) is 12.2 Å². The third-order valence-corrected chi connectivity index (χ3v) is 8.77. The number of aliphatic carboxylic acids is 2. The molecule has 4 N–H and O–H groups in total. The molecule has 2 fully saturated rings. The van der Waals surface area contributed by atoms with E-state index in [4.69, 9.17) is 38.6 Å². The van der Waals surface area contributed by atoms with Crippen molar-refractivity contribution in [2.45, 2.75) is 84.1 Å². The lowest BCUT2D eigenvalue weighted by molar-refractivity contribution is -0.152. The molecule has 0 radical (unpaired) electrons. The average Bonchev–Trinajstić information content (AvgIpc) is 3.83. The molecule has 4 heterocycles. The van der Waals surface area contributed by atoms with Crippen molar-refractivity contribution in [1.29, 1.82) is 0 Å². The van der Waals surface area contributed by atoms with Crippen LogP contribution < -0.4 is 29.9 Å². The second kappa shape index (κ2) is 23.9. The number of carboxylic acid groups (broad SMARTS) is 2. The molecular weight excluding hydrogens is 789 g/mol. The van der Waals surface area contributed by atoms with Gasteiger partial charge in [-0.05, 0) is 48.0 Å². The van der Waals surface area contributed by atoms with Gasteiger partial charge in [0.15, 0.2) is 0 Å². The van der Waals surface area contributed by atoms with E-state index in [2.05, 4.69) is 37.9 Å². The van der Waals surface area contributed by atoms with Crippen LogP contribution in [0.3, 0.4) is 0 Å². The van der Waals surface area contributed by atoms with Gasteiger partial charge in [-0.1, -0.05) is 0 Å². The third kappa shape index (κ3) is 19.7. The minimum Gasteiger partial charge on any atom is -0.478 e. The van der Waals surface area contributed by atoms with Crippen LogP contribution in [0.4, 0.5) is 11.6 Å². The number of nitrogens with one attached hydrogen (secondary N) is 2. The second-order valence-electron chi connectivity index (χ2n) is 15.0. The predicted molar refractivity (Wildman–Crippen MR) is 210 cm³/mol. The largest absolute Gasteiger partial charge is 0.478 e. The quantitative estimate of drug-likeness (QED) is 0.110. The summed E-state index contributed by atoms with van der Waals surface area (Å²) in [7, 11) is 0. The van der Waals surface area contributed by atoms with E-state index in [0.717, 1.165) is 23.5 Å². The number of rotatable bonds is 20. The summed E-state index contributed by atoms with van der Waals surface area (Å²) < 4.78 is 51.9. The molecule has 57 heavy (non-hydrogen) atoms. The van der Waals surface area contributed by atoms with E-state index in [1.54, 1.807) is 0 Å². The second-order valence-corrected chi connectivity index (χ2v) is 16.0. The molecule has 20 nitrogen and oxygen atoms in total. The number of anilines is 2. The monoisotopic (exact) mass is 844 g/mol. The van der Waals surface area contributed by atoms with Gasteiger partial charge in [0.2, 0.25) is 11.6 Å². The zero-order valence-electron chi connectivity index (χ0n) is 33.4. The minimum atomic E-state index is -1.26. The zero-order chi connectivity index (χ0) is 41.8. The average molecular weight is 845 g/mol. The number of hydrogen-bond donors (Lipinski definition) is 4. The van der Waals surface area contributed by atoms with Crippen molar-refractivity contribution in [3.8, 4) is 11.8 Å². The Kier molecular flexibility index (Phi) is 19.8. The van der Waals surface area contributed by atoms with Crippen molar-refractivity contribution in [1.82, 2.24) is 28.1 Å². The van der Waals surface area contributed by atoms with Crippen molar-refractivity contribution < 1.29 is 57.8 Å². The highest BCUT2D eigenvalue weighted by molar-refractivity contribution is 6.99. The summed E-state index contributed by atoms with van der Waals surface area (Å²) in [5, 5.41) is 22.4. The highest BCUT2D eigenvalue weighted by Crippen LogP contribution is 2.28. The van der Waals surface area contributed by atoms with E-state index in [-0.39, 0.29) is 43.6 Å². The highest BCUT2D eigenvalue weighted by atomic mass is 32.1. The van der Waals surface area contributed by atoms with Gasteiger partial charge in [-0.15, -0.1) is 8.75 Å². The third-order valence-electron chi connectivity index (χ3n) is 7.76. The molecule has 2 atom stereocenters. The van der Waals surface area contributed by atoms with Gasteiger partial charge < -0.3 is 59.1 Å². The Hall–Kier alpha value is -4.22. The van der Waals surface area contributed by atoms with Crippen molar-refractivity contribution in [2.24, 2.45) is 0 Å². The normalized spacial score (nSPS) is 16.0. The van der Waals surface area contributed by atoms with Crippen LogP contribution in [0.25, 0.3) is 0 Å². The number of aromatic nitrogens is 4. The van der Waals surface area contributed by atoms with Gasteiger partial charge in [-0.3, -0.25) is 9.59 Å². The fraction of sp³-hybridized carbons (Fsp3) is 0.714. The van der Waals surface area contributed by atoms with Gasteiger partial charge in [0.25, 0.3) is 11.8 Å². The van der Waals surface area contributed by atoms with Crippen LogP contribution in [0.2, 0.25) is 0 Å². The molecule has 0 bridgehead atoms. The van der Waals surface area contributed by atoms with Crippen LogP contribution in [-0.2, 0) is 38.1 Å². The number of morpholine rings is 2. The molecule has 2 aromatic rings. The van der Waals surface area contributed by atoms with E-state index in [0.29, 0.717) is 101 Å². The number of carbonyl (C=O) groups is 4. The summed E-state index contributed by atoms with van der Waals surface area (Å²) in [4.78, 5) is 49.1. The predicted octanol–water partition coefficient (Wildman–Crippen LogP) is 2.00.